The molecule has 0 aromatic carbocycles. The number of hydrogen-bond donors (Lipinski definition) is 1. The monoisotopic (exact) mass is 343 g/mol. The first-order valence-electron chi connectivity index (χ1n) is 6.85. The standard InChI is InChI=1S/C14H12F3N3O2S/c15-14(16,17)11-6-8(3-4-18-11)20-5-1-2-10(20)12-19-9(7-23-12)13(21)22/h3-4,6-7,10H,1-2,5H2,(H,21,22). The summed E-state index contributed by atoms with van der Waals surface area (Å²) in [6.45, 7) is 0.591. The Morgan fingerprint density at radius 2 is 2.22 bits per heavy atom. The Hall–Kier alpha value is -2.16. The summed E-state index contributed by atoms with van der Waals surface area (Å²) in [5.74, 6) is -1.11. The number of carboxylic acids is 1. The van der Waals surface area contributed by atoms with Crippen molar-refractivity contribution in [1.82, 2.24) is 9.97 Å². The number of hydrogen-bond acceptors (Lipinski definition) is 5. The second-order valence-electron chi connectivity index (χ2n) is 5.12. The van der Waals surface area contributed by atoms with Crippen molar-refractivity contribution in [3.05, 3.63) is 40.1 Å². The summed E-state index contributed by atoms with van der Waals surface area (Å²) in [4.78, 5) is 20.2. The number of anilines is 1. The highest BCUT2D eigenvalue weighted by molar-refractivity contribution is 7.09. The van der Waals surface area contributed by atoms with Gasteiger partial charge in [0.1, 0.15) is 10.7 Å². The van der Waals surface area contributed by atoms with Crippen LogP contribution in [-0.4, -0.2) is 27.6 Å². The SMILES string of the molecule is O=C(O)c1csc(C2CCCN2c2ccnc(C(F)(F)F)c2)n1. The van der Waals surface area contributed by atoms with Crippen LogP contribution in [0.15, 0.2) is 23.7 Å². The first-order chi connectivity index (χ1) is 10.9. The molecule has 122 valence electrons. The van der Waals surface area contributed by atoms with Crippen molar-refractivity contribution in [2.45, 2.75) is 25.1 Å². The Kier molecular flexibility index (Phi) is 3.97. The molecule has 23 heavy (non-hydrogen) atoms. The quantitative estimate of drug-likeness (QED) is 0.922. The van der Waals surface area contributed by atoms with Crippen molar-refractivity contribution in [2.75, 3.05) is 11.4 Å². The maximum Gasteiger partial charge on any atom is 0.433 e. The summed E-state index contributed by atoms with van der Waals surface area (Å²) in [5, 5.41) is 11.0. The van der Waals surface area contributed by atoms with Gasteiger partial charge in [-0.1, -0.05) is 0 Å². The number of carbonyl (C=O) groups is 1. The van der Waals surface area contributed by atoms with E-state index in [1.165, 1.54) is 22.8 Å². The van der Waals surface area contributed by atoms with E-state index in [4.69, 9.17) is 5.11 Å². The maximum atomic E-state index is 12.8. The molecule has 1 aliphatic heterocycles. The molecule has 0 aliphatic carbocycles. The summed E-state index contributed by atoms with van der Waals surface area (Å²) >= 11 is 1.21. The first-order valence-corrected chi connectivity index (χ1v) is 7.73. The molecular weight excluding hydrogens is 331 g/mol. The normalized spacial score (nSPS) is 18.4. The van der Waals surface area contributed by atoms with Gasteiger partial charge in [-0.05, 0) is 25.0 Å². The Morgan fingerprint density at radius 1 is 1.43 bits per heavy atom. The Labute approximate surface area is 133 Å². The second-order valence-corrected chi connectivity index (χ2v) is 6.01. The number of pyridine rings is 1. The van der Waals surface area contributed by atoms with E-state index < -0.39 is 17.8 Å². The molecule has 1 unspecified atom stereocenters. The van der Waals surface area contributed by atoms with Crippen LogP contribution in [0.5, 0.6) is 0 Å². The third-order valence-corrected chi connectivity index (χ3v) is 4.59. The fourth-order valence-corrected chi connectivity index (χ4v) is 3.56. The molecule has 0 bridgehead atoms. The van der Waals surface area contributed by atoms with Gasteiger partial charge in [-0.15, -0.1) is 11.3 Å². The summed E-state index contributed by atoms with van der Waals surface area (Å²) in [6.07, 6.45) is -1.84. The lowest BCUT2D eigenvalue weighted by Crippen LogP contribution is -2.23. The number of aromatic carboxylic acids is 1. The zero-order chi connectivity index (χ0) is 16.6. The van der Waals surface area contributed by atoms with E-state index in [0.717, 1.165) is 25.1 Å². The topological polar surface area (TPSA) is 66.3 Å². The molecule has 2 aromatic rings. The fourth-order valence-electron chi connectivity index (χ4n) is 2.62. The second kappa shape index (κ2) is 5.80. The summed E-state index contributed by atoms with van der Waals surface area (Å²) in [7, 11) is 0. The van der Waals surface area contributed by atoms with Crippen LogP contribution in [0, 0.1) is 0 Å². The smallest absolute Gasteiger partial charge is 0.433 e. The number of halogens is 3. The largest absolute Gasteiger partial charge is 0.476 e. The Balaban J connectivity index is 1.91. The van der Waals surface area contributed by atoms with E-state index in [9.17, 15) is 18.0 Å². The molecule has 2 aromatic heterocycles. The average molecular weight is 343 g/mol. The van der Waals surface area contributed by atoms with Gasteiger partial charge in [0.05, 0.1) is 6.04 Å². The molecule has 3 heterocycles. The molecule has 9 heteroatoms. The van der Waals surface area contributed by atoms with Gasteiger partial charge in [-0.25, -0.2) is 9.78 Å². The highest BCUT2D eigenvalue weighted by Gasteiger charge is 2.35. The van der Waals surface area contributed by atoms with E-state index in [-0.39, 0.29) is 11.7 Å². The van der Waals surface area contributed by atoms with Crippen molar-refractivity contribution >= 4 is 23.0 Å². The molecular formula is C14H12F3N3O2S. The number of carboxylic acid groups (broad SMARTS) is 1. The van der Waals surface area contributed by atoms with Crippen LogP contribution in [0.25, 0.3) is 0 Å². The molecule has 1 saturated heterocycles. The zero-order valence-electron chi connectivity index (χ0n) is 11.7. The highest BCUT2D eigenvalue weighted by Crippen LogP contribution is 2.38. The van der Waals surface area contributed by atoms with Gasteiger partial charge in [-0.3, -0.25) is 4.98 Å². The molecule has 0 saturated carbocycles. The third kappa shape index (κ3) is 3.14. The van der Waals surface area contributed by atoms with Crippen molar-refractivity contribution in [1.29, 1.82) is 0 Å². The van der Waals surface area contributed by atoms with Crippen molar-refractivity contribution in [3.8, 4) is 0 Å². The molecule has 1 N–H and O–H groups in total. The Bertz CT molecular complexity index is 732. The van der Waals surface area contributed by atoms with E-state index in [1.807, 2.05) is 4.90 Å². The number of alkyl halides is 3. The predicted octanol–water partition coefficient (Wildman–Crippen LogP) is 3.60. The summed E-state index contributed by atoms with van der Waals surface area (Å²) in [6, 6.07) is 2.33. The molecule has 0 spiro atoms. The lowest BCUT2D eigenvalue weighted by atomic mass is 10.2. The minimum atomic E-state index is -4.50. The molecule has 5 nitrogen and oxygen atoms in total. The number of rotatable bonds is 3. The molecule has 3 rings (SSSR count). The Morgan fingerprint density at radius 3 is 2.87 bits per heavy atom. The lowest BCUT2D eigenvalue weighted by molar-refractivity contribution is -0.141. The van der Waals surface area contributed by atoms with E-state index >= 15 is 0 Å². The predicted molar refractivity (Wildman–Crippen MR) is 77.6 cm³/mol. The van der Waals surface area contributed by atoms with Gasteiger partial charge < -0.3 is 10.0 Å². The zero-order valence-corrected chi connectivity index (χ0v) is 12.6. The van der Waals surface area contributed by atoms with Gasteiger partial charge in [0, 0.05) is 23.8 Å². The number of nitrogens with zero attached hydrogens (tertiary/aromatic N) is 3. The van der Waals surface area contributed by atoms with Crippen molar-refractivity contribution < 1.29 is 23.1 Å². The minimum Gasteiger partial charge on any atom is -0.476 e. The van der Waals surface area contributed by atoms with Crippen LogP contribution in [0.2, 0.25) is 0 Å². The van der Waals surface area contributed by atoms with Crippen LogP contribution in [0.3, 0.4) is 0 Å². The van der Waals surface area contributed by atoms with Crippen molar-refractivity contribution in [2.24, 2.45) is 0 Å². The first kappa shape index (κ1) is 15.7. The lowest BCUT2D eigenvalue weighted by Gasteiger charge is -2.25. The number of thiazole rings is 1. The number of aromatic nitrogens is 2. The van der Waals surface area contributed by atoms with Gasteiger partial charge in [0.2, 0.25) is 0 Å². The molecule has 1 aliphatic rings. The average Bonchev–Trinajstić information content (AvgIpc) is 3.15. The van der Waals surface area contributed by atoms with E-state index in [0.29, 0.717) is 17.2 Å². The molecule has 0 amide bonds. The van der Waals surface area contributed by atoms with Gasteiger partial charge >= 0.3 is 12.1 Å². The van der Waals surface area contributed by atoms with Crippen LogP contribution >= 0.6 is 11.3 Å². The summed E-state index contributed by atoms with van der Waals surface area (Å²) < 4.78 is 38.4. The van der Waals surface area contributed by atoms with Gasteiger partial charge in [0.15, 0.2) is 5.69 Å². The van der Waals surface area contributed by atoms with Crippen LogP contribution in [-0.2, 0) is 6.18 Å². The van der Waals surface area contributed by atoms with E-state index in [2.05, 4.69) is 9.97 Å². The van der Waals surface area contributed by atoms with Crippen molar-refractivity contribution in [3.63, 3.8) is 0 Å². The maximum absolute atomic E-state index is 12.8. The molecule has 1 atom stereocenters. The van der Waals surface area contributed by atoms with Crippen LogP contribution < -0.4 is 4.90 Å². The molecule has 1 fully saturated rings. The molecule has 0 radical (unpaired) electrons. The van der Waals surface area contributed by atoms with Crippen LogP contribution in [0.1, 0.15) is 40.1 Å². The third-order valence-electron chi connectivity index (χ3n) is 3.64. The fraction of sp³-hybridized carbons (Fsp3) is 0.357. The minimum absolute atomic E-state index is 0.0393. The van der Waals surface area contributed by atoms with Gasteiger partial charge in [0.25, 0.3) is 0 Å². The summed E-state index contributed by atoms with van der Waals surface area (Å²) in [5.41, 5.74) is -0.560. The highest BCUT2D eigenvalue weighted by atomic mass is 32.1. The van der Waals surface area contributed by atoms with E-state index in [1.54, 1.807) is 0 Å². The van der Waals surface area contributed by atoms with Crippen LogP contribution in [0.4, 0.5) is 18.9 Å². The van der Waals surface area contributed by atoms with Gasteiger partial charge in [-0.2, -0.15) is 13.2 Å².